The monoisotopic (exact) mass is 247 g/mol. The molecule has 1 heterocycles. The maximum absolute atomic E-state index is 12.0. The predicted octanol–water partition coefficient (Wildman–Crippen LogP) is 1.08. The molecule has 3 N–H and O–H groups in total. The molecule has 1 aliphatic rings. The summed E-state index contributed by atoms with van der Waals surface area (Å²) in [6, 6.07) is 7.08. The van der Waals surface area contributed by atoms with Crippen LogP contribution in [-0.4, -0.2) is 29.8 Å². The highest BCUT2D eigenvalue weighted by Crippen LogP contribution is 2.19. The van der Waals surface area contributed by atoms with E-state index < -0.39 is 0 Å². The zero-order valence-electron chi connectivity index (χ0n) is 10.3. The van der Waals surface area contributed by atoms with Crippen LogP contribution in [-0.2, 0) is 9.59 Å². The maximum Gasteiger partial charge on any atom is 0.229 e. The number of nitrogens with zero attached hydrogens (tertiary/aromatic N) is 1. The maximum atomic E-state index is 12.0. The minimum absolute atomic E-state index is 0.0225. The highest BCUT2D eigenvalue weighted by Gasteiger charge is 2.29. The van der Waals surface area contributed by atoms with Crippen LogP contribution in [0.5, 0.6) is 0 Å². The second-order valence-electron chi connectivity index (χ2n) is 4.57. The Morgan fingerprint density at radius 2 is 2.22 bits per heavy atom. The van der Waals surface area contributed by atoms with Crippen LogP contribution in [0.3, 0.4) is 0 Å². The van der Waals surface area contributed by atoms with Gasteiger partial charge < -0.3 is 16.0 Å². The summed E-state index contributed by atoms with van der Waals surface area (Å²) >= 11 is 0. The minimum Gasteiger partial charge on any atom is -0.399 e. The number of likely N-dealkylation sites (tertiary alicyclic amines) is 1. The Kier molecular flexibility index (Phi) is 3.50. The van der Waals surface area contributed by atoms with E-state index in [-0.39, 0.29) is 17.7 Å². The molecule has 1 aliphatic heterocycles. The van der Waals surface area contributed by atoms with Gasteiger partial charge in [-0.2, -0.15) is 0 Å². The summed E-state index contributed by atoms with van der Waals surface area (Å²) in [4.78, 5) is 24.9. The van der Waals surface area contributed by atoms with E-state index in [0.29, 0.717) is 30.9 Å². The fourth-order valence-electron chi connectivity index (χ4n) is 2.12. The van der Waals surface area contributed by atoms with Crippen molar-refractivity contribution >= 4 is 23.2 Å². The Morgan fingerprint density at radius 1 is 1.44 bits per heavy atom. The Morgan fingerprint density at radius 3 is 2.83 bits per heavy atom. The van der Waals surface area contributed by atoms with E-state index in [1.807, 2.05) is 0 Å². The number of nitrogens with one attached hydrogen (secondary N) is 1. The van der Waals surface area contributed by atoms with Gasteiger partial charge in [-0.25, -0.2) is 0 Å². The lowest BCUT2D eigenvalue weighted by Gasteiger charge is -2.14. The molecule has 2 amide bonds. The van der Waals surface area contributed by atoms with E-state index in [1.165, 1.54) is 6.92 Å². The number of hydrogen-bond acceptors (Lipinski definition) is 3. The van der Waals surface area contributed by atoms with Crippen molar-refractivity contribution in [3.05, 3.63) is 24.3 Å². The van der Waals surface area contributed by atoms with Gasteiger partial charge >= 0.3 is 0 Å². The number of carbonyl (C=O) groups excluding carboxylic acids is 2. The molecule has 5 nitrogen and oxygen atoms in total. The fraction of sp³-hybridized carbons (Fsp3) is 0.385. The van der Waals surface area contributed by atoms with Crippen molar-refractivity contribution in [3.63, 3.8) is 0 Å². The molecule has 2 rings (SSSR count). The second kappa shape index (κ2) is 5.08. The van der Waals surface area contributed by atoms with E-state index in [2.05, 4.69) is 5.32 Å². The van der Waals surface area contributed by atoms with Crippen LogP contribution in [0, 0.1) is 5.92 Å². The highest BCUT2D eigenvalue weighted by molar-refractivity contribution is 5.93. The van der Waals surface area contributed by atoms with Crippen LogP contribution < -0.4 is 11.1 Å². The van der Waals surface area contributed by atoms with E-state index in [4.69, 9.17) is 5.73 Å². The van der Waals surface area contributed by atoms with Gasteiger partial charge in [0.15, 0.2) is 0 Å². The number of hydrogen-bond donors (Lipinski definition) is 2. The minimum atomic E-state index is -0.129. The molecule has 1 atom stereocenters. The van der Waals surface area contributed by atoms with Crippen LogP contribution in [0.15, 0.2) is 24.3 Å². The first-order chi connectivity index (χ1) is 8.56. The molecule has 1 fully saturated rings. The average molecular weight is 247 g/mol. The van der Waals surface area contributed by atoms with Gasteiger partial charge in [0.25, 0.3) is 0 Å². The van der Waals surface area contributed by atoms with Crippen molar-refractivity contribution in [3.8, 4) is 0 Å². The molecule has 1 aromatic rings. The van der Waals surface area contributed by atoms with Gasteiger partial charge in [-0.3, -0.25) is 9.59 Å². The summed E-state index contributed by atoms with van der Waals surface area (Å²) in [6.45, 7) is 2.69. The Balaban J connectivity index is 1.95. The molecule has 18 heavy (non-hydrogen) atoms. The first kappa shape index (κ1) is 12.4. The van der Waals surface area contributed by atoms with Crippen LogP contribution in [0.2, 0.25) is 0 Å². The topological polar surface area (TPSA) is 75.4 Å². The Labute approximate surface area is 106 Å². The van der Waals surface area contributed by atoms with E-state index in [1.54, 1.807) is 29.2 Å². The third kappa shape index (κ3) is 2.80. The van der Waals surface area contributed by atoms with Crippen molar-refractivity contribution in [2.24, 2.45) is 5.92 Å². The molecular weight excluding hydrogens is 230 g/mol. The van der Waals surface area contributed by atoms with Gasteiger partial charge in [-0.1, -0.05) is 6.07 Å². The number of anilines is 2. The molecule has 0 saturated carbocycles. The fourth-order valence-corrected chi connectivity index (χ4v) is 2.12. The standard InChI is InChI=1S/C13H17N3O2/c1-9(17)16-6-5-10(8-16)13(18)15-12-4-2-3-11(14)7-12/h2-4,7,10H,5-6,8,14H2,1H3,(H,15,18). The molecule has 5 heteroatoms. The number of benzene rings is 1. The number of nitrogen functional groups attached to an aromatic ring is 1. The van der Waals surface area contributed by atoms with Crippen molar-refractivity contribution in [2.45, 2.75) is 13.3 Å². The third-order valence-corrected chi connectivity index (χ3v) is 3.16. The quantitative estimate of drug-likeness (QED) is 0.768. The van der Waals surface area contributed by atoms with Crippen LogP contribution >= 0.6 is 0 Å². The van der Waals surface area contributed by atoms with Gasteiger partial charge in [0, 0.05) is 31.4 Å². The molecule has 0 radical (unpaired) electrons. The number of carbonyl (C=O) groups is 2. The summed E-state index contributed by atoms with van der Waals surface area (Å²) in [5.41, 5.74) is 6.96. The molecule has 96 valence electrons. The molecule has 1 aromatic carbocycles. The average Bonchev–Trinajstić information content (AvgIpc) is 2.78. The largest absolute Gasteiger partial charge is 0.399 e. The number of nitrogens with two attached hydrogens (primary N) is 1. The van der Waals surface area contributed by atoms with Gasteiger partial charge in [-0.05, 0) is 24.6 Å². The molecule has 0 spiro atoms. The lowest BCUT2D eigenvalue weighted by Crippen LogP contribution is -2.29. The predicted molar refractivity (Wildman–Crippen MR) is 69.8 cm³/mol. The molecule has 0 aromatic heterocycles. The van der Waals surface area contributed by atoms with E-state index in [9.17, 15) is 9.59 Å². The molecule has 0 bridgehead atoms. The summed E-state index contributed by atoms with van der Waals surface area (Å²) in [5.74, 6) is -0.158. The molecule has 0 aliphatic carbocycles. The van der Waals surface area contributed by atoms with Crippen molar-refractivity contribution < 1.29 is 9.59 Å². The second-order valence-corrected chi connectivity index (χ2v) is 4.57. The highest BCUT2D eigenvalue weighted by atomic mass is 16.2. The van der Waals surface area contributed by atoms with Gasteiger partial charge in [0.05, 0.1) is 5.92 Å². The molecule has 1 saturated heterocycles. The van der Waals surface area contributed by atoms with Crippen molar-refractivity contribution in [2.75, 3.05) is 24.1 Å². The SMILES string of the molecule is CC(=O)N1CCC(C(=O)Nc2cccc(N)c2)C1. The Hall–Kier alpha value is -2.04. The number of amides is 2. The summed E-state index contributed by atoms with van der Waals surface area (Å²) in [6.07, 6.45) is 0.716. The first-order valence-electron chi connectivity index (χ1n) is 5.98. The Bertz CT molecular complexity index is 473. The molecular formula is C13H17N3O2. The summed E-state index contributed by atoms with van der Waals surface area (Å²) in [7, 11) is 0. The first-order valence-corrected chi connectivity index (χ1v) is 5.98. The normalized spacial score (nSPS) is 18.7. The third-order valence-electron chi connectivity index (χ3n) is 3.16. The zero-order chi connectivity index (χ0) is 13.1. The van der Waals surface area contributed by atoms with Gasteiger partial charge in [0.1, 0.15) is 0 Å². The number of rotatable bonds is 2. The van der Waals surface area contributed by atoms with Gasteiger partial charge in [0.2, 0.25) is 11.8 Å². The van der Waals surface area contributed by atoms with Crippen LogP contribution in [0.1, 0.15) is 13.3 Å². The van der Waals surface area contributed by atoms with Crippen molar-refractivity contribution in [1.29, 1.82) is 0 Å². The summed E-state index contributed by atoms with van der Waals surface area (Å²) in [5, 5.41) is 2.83. The lowest BCUT2D eigenvalue weighted by molar-refractivity contribution is -0.128. The van der Waals surface area contributed by atoms with E-state index in [0.717, 1.165) is 0 Å². The smallest absolute Gasteiger partial charge is 0.229 e. The van der Waals surface area contributed by atoms with Crippen LogP contribution in [0.4, 0.5) is 11.4 Å². The summed E-state index contributed by atoms with van der Waals surface area (Å²) < 4.78 is 0. The van der Waals surface area contributed by atoms with Gasteiger partial charge in [-0.15, -0.1) is 0 Å². The van der Waals surface area contributed by atoms with E-state index >= 15 is 0 Å². The van der Waals surface area contributed by atoms with Crippen molar-refractivity contribution in [1.82, 2.24) is 4.90 Å². The van der Waals surface area contributed by atoms with Crippen LogP contribution in [0.25, 0.3) is 0 Å². The zero-order valence-corrected chi connectivity index (χ0v) is 10.3. The molecule has 1 unspecified atom stereocenters. The lowest BCUT2D eigenvalue weighted by atomic mass is 10.1.